The number of ether oxygens (including phenoxy) is 2. The molecule has 0 fully saturated rings. The molecule has 0 radical (unpaired) electrons. The first-order chi connectivity index (χ1) is 39.1. The highest BCUT2D eigenvalue weighted by Crippen LogP contribution is 2.20. The van der Waals surface area contributed by atoms with Crippen LogP contribution in [0.5, 0.6) is 0 Å². The van der Waals surface area contributed by atoms with E-state index in [4.69, 9.17) is 9.47 Å². The second kappa shape index (κ2) is 70.6. The maximum absolute atomic E-state index is 12.4. The van der Waals surface area contributed by atoms with Crippen LogP contribution in [0.2, 0.25) is 0 Å². The van der Waals surface area contributed by atoms with E-state index in [-0.39, 0.29) is 25.2 Å². The van der Waals surface area contributed by atoms with Crippen molar-refractivity contribution in [1.82, 2.24) is 0 Å². The SMILES string of the molecule is CCCCCCC/C=C\C/C=C\CCCCCCCCCCCCCCCCCCCCCCCCCC(=O)OC(CO)COC(=O)CCCCCCCCCCCCCCCCCCCCCCCCCCCCCCCC. The molecule has 0 saturated heterocycles. The monoisotopic (exact) mass is 1110 g/mol. The molecule has 0 spiro atoms. The van der Waals surface area contributed by atoms with Crippen molar-refractivity contribution in [3.05, 3.63) is 24.3 Å². The highest BCUT2D eigenvalue weighted by molar-refractivity contribution is 5.70. The Morgan fingerprint density at radius 2 is 0.506 bits per heavy atom. The topological polar surface area (TPSA) is 72.8 Å². The molecule has 0 aromatic heterocycles. The minimum absolute atomic E-state index is 0.0572. The zero-order valence-electron chi connectivity index (χ0n) is 53.9. The molecule has 0 aliphatic rings. The molecule has 5 heteroatoms. The predicted octanol–water partition coefficient (Wildman–Crippen LogP) is 25.2. The third-order valence-corrected chi connectivity index (χ3v) is 17.0. The van der Waals surface area contributed by atoms with Crippen molar-refractivity contribution in [3.63, 3.8) is 0 Å². The molecule has 0 aliphatic heterocycles. The van der Waals surface area contributed by atoms with E-state index < -0.39 is 6.10 Å². The number of esters is 2. The van der Waals surface area contributed by atoms with Crippen molar-refractivity contribution < 1.29 is 24.2 Å². The van der Waals surface area contributed by atoms with Crippen LogP contribution < -0.4 is 0 Å². The Hall–Kier alpha value is -1.62. The maximum Gasteiger partial charge on any atom is 0.306 e. The van der Waals surface area contributed by atoms with Crippen molar-refractivity contribution in [3.8, 4) is 0 Å². The standard InChI is InChI=1S/C74H142O5/c1-3-5-7-9-11-13-15-17-19-21-23-25-27-29-31-33-35-36-37-38-39-41-43-45-47-49-51-53-55-57-59-61-63-65-67-69-74(77)79-72(70-75)71-78-73(76)68-66-64-62-60-58-56-54-52-50-48-46-44-42-40-34-32-30-28-26-24-22-20-18-16-14-12-10-8-6-4-2/h15,17,21,23,72,75H,3-14,16,18-20,22,24-71H2,1-2H3/b17-15-,23-21-. The average molecular weight is 1110 g/mol. The van der Waals surface area contributed by atoms with Gasteiger partial charge in [0.2, 0.25) is 0 Å². The molecule has 0 bridgehead atoms. The fourth-order valence-electron chi connectivity index (χ4n) is 11.5. The van der Waals surface area contributed by atoms with Crippen LogP contribution in [0.4, 0.5) is 0 Å². The normalized spacial score (nSPS) is 12.2. The lowest BCUT2D eigenvalue weighted by Gasteiger charge is -2.15. The van der Waals surface area contributed by atoms with Gasteiger partial charge in [-0.1, -0.05) is 385 Å². The van der Waals surface area contributed by atoms with Gasteiger partial charge in [0.05, 0.1) is 6.61 Å². The number of rotatable bonds is 69. The number of aliphatic hydroxyl groups excluding tert-OH is 1. The van der Waals surface area contributed by atoms with Gasteiger partial charge in [0.15, 0.2) is 6.10 Å². The molecular formula is C74H142O5. The van der Waals surface area contributed by atoms with E-state index >= 15 is 0 Å². The lowest BCUT2D eigenvalue weighted by atomic mass is 10.0. The summed E-state index contributed by atoms with van der Waals surface area (Å²) in [5.74, 6) is -0.561. The summed E-state index contributed by atoms with van der Waals surface area (Å²) in [4.78, 5) is 24.7. The van der Waals surface area contributed by atoms with Gasteiger partial charge >= 0.3 is 11.9 Å². The van der Waals surface area contributed by atoms with Crippen molar-refractivity contribution in [2.24, 2.45) is 0 Å². The Kier molecular flexibility index (Phi) is 69.2. The zero-order chi connectivity index (χ0) is 56.9. The first-order valence-electron chi connectivity index (χ1n) is 36.4. The van der Waals surface area contributed by atoms with E-state index in [1.54, 1.807) is 0 Å². The molecule has 0 aromatic rings. The second-order valence-corrected chi connectivity index (χ2v) is 25.0. The van der Waals surface area contributed by atoms with Crippen molar-refractivity contribution in [1.29, 1.82) is 0 Å². The summed E-state index contributed by atoms with van der Waals surface area (Å²) in [6.45, 7) is 4.21. The molecule has 1 unspecified atom stereocenters. The lowest BCUT2D eigenvalue weighted by Crippen LogP contribution is -2.28. The first kappa shape index (κ1) is 77.4. The molecule has 0 amide bonds. The third kappa shape index (κ3) is 68.8. The summed E-state index contributed by atoms with van der Waals surface area (Å²) in [6, 6.07) is 0. The maximum atomic E-state index is 12.4. The van der Waals surface area contributed by atoms with E-state index in [2.05, 4.69) is 38.2 Å². The number of hydrogen-bond acceptors (Lipinski definition) is 5. The van der Waals surface area contributed by atoms with Gasteiger partial charge in [0.1, 0.15) is 6.61 Å². The Morgan fingerprint density at radius 3 is 0.747 bits per heavy atom. The van der Waals surface area contributed by atoms with Crippen molar-refractivity contribution >= 4 is 11.9 Å². The quantitative estimate of drug-likeness (QED) is 0.0373. The molecule has 0 aliphatic carbocycles. The van der Waals surface area contributed by atoms with Crippen LogP contribution in [0.3, 0.4) is 0 Å². The minimum Gasteiger partial charge on any atom is -0.462 e. The largest absolute Gasteiger partial charge is 0.462 e. The Bertz CT molecular complexity index is 1210. The molecule has 1 N–H and O–H groups in total. The predicted molar refractivity (Wildman–Crippen MR) is 348 cm³/mol. The van der Waals surface area contributed by atoms with Gasteiger partial charge in [0.25, 0.3) is 0 Å². The molecular weight excluding hydrogens is 969 g/mol. The summed E-state index contributed by atoms with van der Waals surface area (Å²) >= 11 is 0. The molecule has 0 heterocycles. The number of hydrogen-bond donors (Lipinski definition) is 1. The molecule has 5 nitrogen and oxygen atoms in total. The first-order valence-corrected chi connectivity index (χ1v) is 36.4. The Balaban J connectivity index is 3.36. The van der Waals surface area contributed by atoms with E-state index in [1.165, 1.54) is 353 Å². The highest BCUT2D eigenvalue weighted by Gasteiger charge is 2.16. The van der Waals surface area contributed by atoms with Crippen LogP contribution in [0.15, 0.2) is 24.3 Å². The van der Waals surface area contributed by atoms with Crippen LogP contribution in [0.1, 0.15) is 418 Å². The summed E-state index contributed by atoms with van der Waals surface area (Å²) in [5, 5.41) is 9.71. The van der Waals surface area contributed by atoms with Gasteiger partial charge in [-0.2, -0.15) is 0 Å². The van der Waals surface area contributed by atoms with Gasteiger partial charge in [-0.05, 0) is 44.9 Å². The second-order valence-electron chi connectivity index (χ2n) is 25.0. The highest BCUT2D eigenvalue weighted by atomic mass is 16.6. The average Bonchev–Trinajstić information content (AvgIpc) is 3.45. The van der Waals surface area contributed by atoms with E-state index in [1.807, 2.05) is 0 Å². The van der Waals surface area contributed by atoms with Crippen LogP contribution in [-0.2, 0) is 19.1 Å². The molecule has 0 aromatic carbocycles. The smallest absolute Gasteiger partial charge is 0.306 e. The zero-order valence-corrected chi connectivity index (χ0v) is 53.9. The fourth-order valence-corrected chi connectivity index (χ4v) is 11.5. The summed E-state index contributed by atoms with van der Waals surface area (Å²) in [5.41, 5.74) is 0. The van der Waals surface area contributed by atoms with Crippen molar-refractivity contribution in [2.75, 3.05) is 13.2 Å². The van der Waals surface area contributed by atoms with E-state index in [0.717, 1.165) is 38.5 Å². The van der Waals surface area contributed by atoms with Gasteiger partial charge < -0.3 is 14.6 Å². The molecule has 1 atom stereocenters. The van der Waals surface area contributed by atoms with E-state index in [9.17, 15) is 14.7 Å². The van der Waals surface area contributed by atoms with Crippen LogP contribution in [-0.4, -0.2) is 36.4 Å². The molecule has 468 valence electrons. The van der Waals surface area contributed by atoms with Crippen molar-refractivity contribution in [2.45, 2.75) is 424 Å². The van der Waals surface area contributed by atoms with Gasteiger partial charge in [-0.25, -0.2) is 0 Å². The van der Waals surface area contributed by atoms with Crippen LogP contribution in [0, 0.1) is 0 Å². The molecule has 0 rings (SSSR count). The Labute approximate surface area is 495 Å². The van der Waals surface area contributed by atoms with Crippen LogP contribution in [0.25, 0.3) is 0 Å². The molecule has 79 heavy (non-hydrogen) atoms. The van der Waals surface area contributed by atoms with Gasteiger partial charge in [-0.15, -0.1) is 0 Å². The Morgan fingerprint density at radius 1 is 0.291 bits per heavy atom. The minimum atomic E-state index is -0.768. The number of aliphatic hydroxyl groups is 1. The number of allylic oxidation sites excluding steroid dienone is 4. The summed E-state index contributed by atoms with van der Waals surface area (Å²) < 4.78 is 10.8. The van der Waals surface area contributed by atoms with Gasteiger partial charge in [0, 0.05) is 12.8 Å². The lowest BCUT2D eigenvalue weighted by molar-refractivity contribution is -0.161. The molecule has 0 saturated carbocycles. The third-order valence-electron chi connectivity index (χ3n) is 17.0. The van der Waals surface area contributed by atoms with Gasteiger partial charge in [-0.3, -0.25) is 9.59 Å². The number of carbonyl (C=O) groups excluding carboxylic acids is 2. The summed E-state index contributed by atoms with van der Waals surface area (Å²) in [6.07, 6.45) is 92.4. The fraction of sp³-hybridized carbons (Fsp3) is 0.919. The van der Waals surface area contributed by atoms with E-state index in [0.29, 0.717) is 12.8 Å². The van der Waals surface area contributed by atoms with Crippen LogP contribution >= 0.6 is 0 Å². The number of carbonyl (C=O) groups is 2. The number of unbranched alkanes of at least 4 members (excludes halogenated alkanes) is 57. The summed E-state index contributed by atoms with van der Waals surface area (Å²) in [7, 11) is 0.